The molecule has 30 heavy (non-hydrogen) atoms. The Kier molecular flexibility index (Phi) is 7.45. The molecule has 0 saturated heterocycles. The van der Waals surface area contributed by atoms with Gasteiger partial charge in [-0.2, -0.15) is 0 Å². The maximum atomic E-state index is 12.5. The summed E-state index contributed by atoms with van der Waals surface area (Å²) in [4.78, 5) is 24.0. The van der Waals surface area contributed by atoms with Gasteiger partial charge in [-0.15, -0.1) is 0 Å². The first-order valence-corrected chi connectivity index (χ1v) is 9.88. The number of ether oxygens (including phenoxy) is 2. The maximum absolute atomic E-state index is 12.5. The van der Waals surface area contributed by atoms with Crippen LogP contribution < -0.4 is 10.1 Å². The Hall–Kier alpha value is -3.32. The third kappa shape index (κ3) is 5.84. The van der Waals surface area contributed by atoms with Crippen molar-refractivity contribution in [2.24, 2.45) is 0 Å². The number of carbonyl (C=O) groups is 2. The Morgan fingerprint density at radius 2 is 1.93 bits per heavy atom. The number of fused-ring (bicyclic) bond motifs is 1. The van der Waals surface area contributed by atoms with Crippen molar-refractivity contribution < 1.29 is 28.6 Å². The standard InChI is InChI=1S/C23H25NO6/c1-2-3-11-29-18-9-10-20-17(12-18)13-21(30-20)22(25)24-19(23(26)27)15-28-14-16-7-5-4-6-8-16/h4-10,12-13,19H,2-3,11,14-15H2,1H3,(H,24,25)(H,26,27)/t19-/m0/s1. The van der Waals surface area contributed by atoms with Gasteiger partial charge < -0.3 is 24.3 Å². The van der Waals surface area contributed by atoms with Crippen LogP contribution in [0.5, 0.6) is 5.75 Å². The van der Waals surface area contributed by atoms with Crippen molar-refractivity contribution in [1.29, 1.82) is 0 Å². The van der Waals surface area contributed by atoms with E-state index in [1.165, 1.54) is 0 Å². The Bertz CT molecular complexity index is 982. The van der Waals surface area contributed by atoms with Gasteiger partial charge in [0.15, 0.2) is 11.8 Å². The normalized spacial score (nSPS) is 11.9. The second-order valence-electron chi connectivity index (χ2n) is 6.88. The van der Waals surface area contributed by atoms with Crippen LogP contribution in [0.3, 0.4) is 0 Å². The third-order valence-corrected chi connectivity index (χ3v) is 4.48. The van der Waals surface area contributed by atoms with Gasteiger partial charge in [-0.05, 0) is 36.2 Å². The summed E-state index contributed by atoms with van der Waals surface area (Å²) >= 11 is 0. The molecular weight excluding hydrogens is 386 g/mol. The molecule has 3 aromatic rings. The average Bonchev–Trinajstić information content (AvgIpc) is 3.17. The van der Waals surface area contributed by atoms with Crippen molar-refractivity contribution in [3.8, 4) is 5.75 Å². The van der Waals surface area contributed by atoms with Gasteiger partial charge in [0.1, 0.15) is 11.3 Å². The summed E-state index contributed by atoms with van der Waals surface area (Å²) < 4.78 is 16.7. The van der Waals surface area contributed by atoms with Crippen molar-refractivity contribution in [3.63, 3.8) is 0 Å². The predicted octanol–water partition coefficient (Wildman–Crippen LogP) is 4.01. The number of amides is 1. The molecule has 0 aliphatic carbocycles. The number of carbonyl (C=O) groups excluding carboxylic acids is 1. The van der Waals surface area contributed by atoms with E-state index in [2.05, 4.69) is 12.2 Å². The van der Waals surface area contributed by atoms with Crippen molar-refractivity contribution in [3.05, 3.63) is 65.9 Å². The van der Waals surface area contributed by atoms with Gasteiger partial charge in [0, 0.05) is 5.39 Å². The Morgan fingerprint density at radius 3 is 2.67 bits per heavy atom. The summed E-state index contributed by atoms with van der Waals surface area (Å²) in [5.74, 6) is -1.07. The molecular formula is C23H25NO6. The number of furan rings is 1. The Morgan fingerprint density at radius 1 is 1.13 bits per heavy atom. The topological polar surface area (TPSA) is 98.0 Å². The predicted molar refractivity (Wildman–Crippen MR) is 112 cm³/mol. The fraction of sp³-hybridized carbons (Fsp3) is 0.304. The second kappa shape index (κ2) is 10.5. The summed E-state index contributed by atoms with van der Waals surface area (Å²) in [5.41, 5.74) is 1.44. The SMILES string of the molecule is CCCCOc1ccc2oc(C(=O)N[C@@H](COCc3ccccc3)C(=O)O)cc2c1. The number of hydrogen-bond donors (Lipinski definition) is 2. The van der Waals surface area contributed by atoms with E-state index in [0.29, 0.717) is 23.3 Å². The first kappa shape index (κ1) is 21.4. The number of rotatable bonds is 11. The summed E-state index contributed by atoms with van der Waals surface area (Å²) in [6, 6.07) is 15.1. The van der Waals surface area contributed by atoms with Gasteiger partial charge >= 0.3 is 5.97 Å². The van der Waals surface area contributed by atoms with Crippen molar-refractivity contribution >= 4 is 22.8 Å². The van der Waals surface area contributed by atoms with Crippen LogP contribution in [0.2, 0.25) is 0 Å². The quantitative estimate of drug-likeness (QED) is 0.463. The zero-order valence-corrected chi connectivity index (χ0v) is 16.8. The molecule has 1 aromatic heterocycles. The summed E-state index contributed by atoms with van der Waals surface area (Å²) in [6.45, 7) is 2.80. The maximum Gasteiger partial charge on any atom is 0.328 e. The lowest BCUT2D eigenvalue weighted by atomic mass is 10.2. The molecule has 0 saturated carbocycles. The number of aliphatic carboxylic acids is 1. The van der Waals surface area contributed by atoms with Gasteiger partial charge in [-0.1, -0.05) is 43.7 Å². The zero-order chi connectivity index (χ0) is 21.3. The highest BCUT2D eigenvalue weighted by atomic mass is 16.5. The fourth-order valence-corrected chi connectivity index (χ4v) is 2.83. The molecule has 0 spiro atoms. The molecule has 1 heterocycles. The molecule has 0 aliphatic heterocycles. The minimum absolute atomic E-state index is 0.0324. The molecule has 0 radical (unpaired) electrons. The lowest BCUT2D eigenvalue weighted by Crippen LogP contribution is -2.43. The summed E-state index contributed by atoms with van der Waals surface area (Å²) in [6.07, 6.45) is 2.00. The number of carboxylic acids is 1. The van der Waals surface area contributed by atoms with Crippen LogP contribution in [0.15, 0.2) is 59.0 Å². The molecule has 0 fully saturated rings. The molecule has 0 aliphatic rings. The van der Waals surface area contributed by atoms with Gasteiger partial charge in [0.05, 0.1) is 19.8 Å². The lowest BCUT2D eigenvalue weighted by Gasteiger charge is -2.14. The molecule has 158 valence electrons. The van der Waals surface area contributed by atoms with Crippen LogP contribution in [-0.4, -0.2) is 36.2 Å². The Balaban J connectivity index is 1.60. The lowest BCUT2D eigenvalue weighted by molar-refractivity contribution is -0.141. The Labute approximate surface area is 174 Å². The van der Waals surface area contributed by atoms with E-state index in [1.54, 1.807) is 24.3 Å². The minimum atomic E-state index is -1.19. The smallest absolute Gasteiger partial charge is 0.328 e. The second-order valence-corrected chi connectivity index (χ2v) is 6.88. The highest BCUT2D eigenvalue weighted by Gasteiger charge is 2.23. The number of nitrogens with one attached hydrogen (secondary N) is 1. The number of unbranched alkanes of at least 4 members (excludes halogenated alkanes) is 1. The van der Waals surface area contributed by atoms with Crippen molar-refractivity contribution in [2.45, 2.75) is 32.4 Å². The van der Waals surface area contributed by atoms with E-state index < -0.39 is 17.9 Å². The molecule has 7 nitrogen and oxygen atoms in total. The van der Waals surface area contributed by atoms with E-state index in [4.69, 9.17) is 13.9 Å². The van der Waals surface area contributed by atoms with Crippen LogP contribution in [0, 0.1) is 0 Å². The van der Waals surface area contributed by atoms with E-state index in [-0.39, 0.29) is 19.0 Å². The van der Waals surface area contributed by atoms with Crippen LogP contribution in [0.1, 0.15) is 35.9 Å². The molecule has 0 bridgehead atoms. The summed E-state index contributed by atoms with van der Waals surface area (Å²) in [7, 11) is 0. The number of carboxylic acid groups (broad SMARTS) is 1. The van der Waals surface area contributed by atoms with Crippen molar-refractivity contribution in [1.82, 2.24) is 5.32 Å². The van der Waals surface area contributed by atoms with Gasteiger partial charge in [0.2, 0.25) is 0 Å². The first-order chi connectivity index (χ1) is 14.6. The molecule has 2 aromatic carbocycles. The van der Waals surface area contributed by atoms with Crippen LogP contribution in [-0.2, 0) is 16.1 Å². The minimum Gasteiger partial charge on any atom is -0.494 e. The highest BCUT2D eigenvalue weighted by molar-refractivity contribution is 5.98. The van der Waals surface area contributed by atoms with Crippen LogP contribution in [0.4, 0.5) is 0 Å². The van der Waals surface area contributed by atoms with Gasteiger partial charge in [-0.3, -0.25) is 4.79 Å². The molecule has 7 heteroatoms. The molecule has 1 amide bonds. The van der Waals surface area contributed by atoms with E-state index in [0.717, 1.165) is 18.4 Å². The number of benzene rings is 2. The van der Waals surface area contributed by atoms with Crippen molar-refractivity contribution in [2.75, 3.05) is 13.2 Å². The fourth-order valence-electron chi connectivity index (χ4n) is 2.83. The summed E-state index contributed by atoms with van der Waals surface area (Å²) in [5, 5.41) is 12.6. The third-order valence-electron chi connectivity index (χ3n) is 4.48. The zero-order valence-electron chi connectivity index (χ0n) is 16.8. The largest absolute Gasteiger partial charge is 0.494 e. The van der Waals surface area contributed by atoms with E-state index in [9.17, 15) is 14.7 Å². The van der Waals surface area contributed by atoms with Crippen LogP contribution >= 0.6 is 0 Å². The van der Waals surface area contributed by atoms with E-state index in [1.807, 2.05) is 30.3 Å². The molecule has 2 N–H and O–H groups in total. The van der Waals surface area contributed by atoms with Gasteiger partial charge in [-0.25, -0.2) is 4.79 Å². The van der Waals surface area contributed by atoms with E-state index >= 15 is 0 Å². The molecule has 0 unspecified atom stereocenters. The first-order valence-electron chi connectivity index (χ1n) is 9.88. The monoisotopic (exact) mass is 411 g/mol. The average molecular weight is 411 g/mol. The van der Waals surface area contributed by atoms with Crippen LogP contribution in [0.25, 0.3) is 11.0 Å². The molecule has 3 rings (SSSR count). The molecule has 1 atom stereocenters. The van der Waals surface area contributed by atoms with Gasteiger partial charge in [0.25, 0.3) is 5.91 Å². The number of hydrogen-bond acceptors (Lipinski definition) is 5. The highest BCUT2D eigenvalue weighted by Crippen LogP contribution is 2.24.